The fourth-order valence-electron chi connectivity index (χ4n) is 2.69. The summed E-state index contributed by atoms with van der Waals surface area (Å²) in [5, 5.41) is 3.56. The Morgan fingerprint density at radius 2 is 2.18 bits per heavy atom. The highest BCUT2D eigenvalue weighted by atomic mass is 32.1. The zero-order chi connectivity index (χ0) is 15.1. The van der Waals surface area contributed by atoms with E-state index >= 15 is 0 Å². The Hall–Kier alpha value is -2.09. The molecule has 1 fully saturated rings. The Labute approximate surface area is 130 Å². The molecule has 4 heterocycles. The number of nitrogens with one attached hydrogen (secondary N) is 1. The second-order valence-electron chi connectivity index (χ2n) is 5.40. The van der Waals surface area contributed by atoms with E-state index in [0.29, 0.717) is 36.9 Å². The minimum absolute atomic E-state index is 0.0615. The molecule has 0 unspecified atom stereocenters. The van der Waals surface area contributed by atoms with Crippen LogP contribution in [0.1, 0.15) is 21.8 Å². The first kappa shape index (κ1) is 13.6. The number of fused-ring (bicyclic) bond motifs is 1. The molecule has 0 spiro atoms. The van der Waals surface area contributed by atoms with E-state index in [4.69, 9.17) is 0 Å². The predicted octanol–water partition coefficient (Wildman–Crippen LogP) is 1.43. The first-order valence-electron chi connectivity index (χ1n) is 7.20. The van der Waals surface area contributed by atoms with Crippen LogP contribution in [0.25, 0.3) is 10.6 Å². The summed E-state index contributed by atoms with van der Waals surface area (Å²) in [5.41, 5.74) is 1.62. The number of halogens is 1. The predicted molar refractivity (Wildman–Crippen MR) is 80.9 cm³/mol. The lowest BCUT2D eigenvalue weighted by Crippen LogP contribution is -2.30. The smallest absolute Gasteiger partial charge is 0.263 e. The van der Waals surface area contributed by atoms with Crippen molar-refractivity contribution in [3.8, 4) is 10.6 Å². The van der Waals surface area contributed by atoms with E-state index < -0.39 is 6.17 Å². The van der Waals surface area contributed by atoms with Gasteiger partial charge in [0.2, 0.25) is 5.95 Å². The maximum absolute atomic E-state index is 13.2. The van der Waals surface area contributed by atoms with Crippen LogP contribution in [0, 0.1) is 0 Å². The molecule has 1 atom stereocenters. The van der Waals surface area contributed by atoms with E-state index in [-0.39, 0.29) is 5.91 Å². The second kappa shape index (κ2) is 5.28. The average molecular weight is 319 g/mol. The van der Waals surface area contributed by atoms with Crippen molar-refractivity contribution in [1.29, 1.82) is 0 Å². The molecule has 1 N–H and O–H groups in total. The molecule has 0 aromatic carbocycles. The molecule has 2 aromatic rings. The molecular weight excluding hydrogens is 305 g/mol. The lowest BCUT2D eigenvalue weighted by Gasteiger charge is -2.14. The lowest BCUT2D eigenvalue weighted by atomic mass is 10.2. The van der Waals surface area contributed by atoms with Crippen molar-refractivity contribution in [2.45, 2.75) is 19.0 Å². The molecule has 2 aliphatic rings. The van der Waals surface area contributed by atoms with Crippen molar-refractivity contribution in [1.82, 2.24) is 20.3 Å². The summed E-state index contributed by atoms with van der Waals surface area (Å²) in [6.07, 6.45) is 3.86. The number of nitrogens with zero attached hydrogens (tertiary/aromatic N) is 4. The highest BCUT2D eigenvalue weighted by molar-refractivity contribution is 7.17. The summed E-state index contributed by atoms with van der Waals surface area (Å²) in [7, 11) is 0. The van der Waals surface area contributed by atoms with Crippen LogP contribution >= 0.6 is 11.3 Å². The number of carbonyl (C=O) groups is 1. The van der Waals surface area contributed by atoms with E-state index in [9.17, 15) is 9.18 Å². The number of rotatable bonds is 2. The second-order valence-corrected chi connectivity index (χ2v) is 6.40. The van der Waals surface area contributed by atoms with Gasteiger partial charge in [-0.25, -0.2) is 19.3 Å². The fraction of sp³-hybridized carbons (Fsp3) is 0.429. The van der Waals surface area contributed by atoms with Crippen molar-refractivity contribution in [3.05, 3.63) is 23.0 Å². The van der Waals surface area contributed by atoms with Gasteiger partial charge in [-0.05, 0) is 6.42 Å². The minimum Gasteiger partial charge on any atom is -0.351 e. The molecule has 0 radical (unpaired) electrons. The Balaban J connectivity index is 1.60. The average Bonchev–Trinajstić information content (AvgIpc) is 3.15. The van der Waals surface area contributed by atoms with Gasteiger partial charge in [0.15, 0.2) is 0 Å². The third kappa shape index (κ3) is 2.33. The molecule has 0 aliphatic carbocycles. The third-order valence-corrected chi connectivity index (χ3v) is 5.00. The quantitative estimate of drug-likeness (QED) is 0.907. The molecule has 8 heteroatoms. The molecule has 6 nitrogen and oxygen atoms in total. The van der Waals surface area contributed by atoms with Gasteiger partial charge in [-0.3, -0.25) is 4.79 Å². The Bertz CT molecular complexity index is 717. The van der Waals surface area contributed by atoms with E-state index in [1.807, 2.05) is 4.90 Å². The SMILES string of the molecule is O=C1NCCc2nc(-c3cnc(N4CC[C@@H](F)C4)nc3)sc21. The van der Waals surface area contributed by atoms with Crippen LogP contribution in [0.15, 0.2) is 12.4 Å². The zero-order valence-electron chi connectivity index (χ0n) is 11.8. The van der Waals surface area contributed by atoms with Gasteiger partial charge in [-0.1, -0.05) is 0 Å². The maximum atomic E-state index is 13.2. The molecule has 22 heavy (non-hydrogen) atoms. The lowest BCUT2D eigenvalue weighted by molar-refractivity contribution is 0.0950. The summed E-state index contributed by atoms with van der Waals surface area (Å²) in [4.78, 5) is 27.4. The van der Waals surface area contributed by atoms with E-state index in [1.165, 1.54) is 11.3 Å². The van der Waals surface area contributed by atoms with E-state index in [0.717, 1.165) is 22.7 Å². The molecule has 1 amide bonds. The van der Waals surface area contributed by atoms with Crippen LogP contribution in [0.2, 0.25) is 0 Å². The van der Waals surface area contributed by atoms with Crippen molar-refractivity contribution in [2.75, 3.05) is 24.5 Å². The van der Waals surface area contributed by atoms with E-state index in [1.54, 1.807) is 12.4 Å². The van der Waals surface area contributed by atoms with Crippen LogP contribution in [-0.4, -0.2) is 46.7 Å². The monoisotopic (exact) mass is 319 g/mol. The van der Waals surface area contributed by atoms with Crippen molar-refractivity contribution in [2.24, 2.45) is 0 Å². The first-order valence-corrected chi connectivity index (χ1v) is 8.01. The van der Waals surface area contributed by atoms with Crippen LogP contribution in [0.3, 0.4) is 0 Å². The summed E-state index contributed by atoms with van der Waals surface area (Å²) in [5.74, 6) is 0.483. The maximum Gasteiger partial charge on any atom is 0.263 e. The van der Waals surface area contributed by atoms with Crippen molar-refractivity contribution in [3.63, 3.8) is 0 Å². The van der Waals surface area contributed by atoms with Gasteiger partial charge < -0.3 is 10.2 Å². The summed E-state index contributed by atoms with van der Waals surface area (Å²) < 4.78 is 13.2. The molecule has 4 rings (SSSR count). The summed E-state index contributed by atoms with van der Waals surface area (Å²) in [6, 6.07) is 0. The molecule has 2 aliphatic heterocycles. The van der Waals surface area contributed by atoms with Crippen LogP contribution < -0.4 is 10.2 Å². The van der Waals surface area contributed by atoms with Crippen molar-refractivity contribution < 1.29 is 9.18 Å². The fourth-order valence-corrected chi connectivity index (χ4v) is 3.69. The summed E-state index contributed by atoms with van der Waals surface area (Å²) >= 11 is 1.36. The van der Waals surface area contributed by atoms with Gasteiger partial charge in [0.1, 0.15) is 16.1 Å². The van der Waals surface area contributed by atoms with Gasteiger partial charge in [-0.15, -0.1) is 11.3 Å². The minimum atomic E-state index is -0.799. The van der Waals surface area contributed by atoms with Gasteiger partial charge in [0.05, 0.1) is 12.2 Å². The third-order valence-electron chi connectivity index (χ3n) is 3.85. The van der Waals surface area contributed by atoms with Gasteiger partial charge >= 0.3 is 0 Å². The number of amides is 1. The van der Waals surface area contributed by atoms with Gasteiger partial charge in [-0.2, -0.15) is 0 Å². The van der Waals surface area contributed by atoms with Crippen LogP contribution in [0.5, 0.6) is 0 Å². The Morgan fingerprint density at radius 1 is 1.36 bits per heavy atom. The van der Waals surface area contributed by atoms with Gasteiger partial charge in [0.25, 0.3) is 5.91 Å². The Kier molecular flexibility index (Phi) is 3.25. The number of hydrogen-bond donors (Lipinski definition) is 1. The molecule has 2 aromatic heterocycles. The molecule has 0 bridgehead atoms. The Morgan fingerprint density at radius 3 is 2.86 bits per heavy atom. The topological polar surface area (TPSA) is 71.0 Å². The number of aromatic nitrogens is 3. The van der Waals surface area contributed by atoms with Crippen LogP contribution in [0.4, 0.5) is 10.3 Å². The van der Waals surface area contributed by atoms with Crippen LogP contribution in [-0.2, 0) is 6.42 Å². The number of hydrogen-bond acceptors (Lipinski definition) is 6. The number of carbonyl (C=O) groups excluding carboxylic acids is 1. The molecular formula is C14H14FN5OS. The largest absolute Gasteiger partial charge is 0.351 e. The number of anilines is 1. The first-order chi connectivity index (χ1) is 10.7. The van der Waals surface area contributed by atoms with Gasteiger partial charge in [0, 0.05) is 37.5 Å². The molecule has 0 saturated carbocycles. The highest BCUT2D eigenvalue weighted by Crippen LogP contribution is 2.29. The number of alkyl halides is 1. The zero-order valence-corrected chi connectivity index (χ0v) is 12.6. The highest BCUT2D eigenvalue weighted by Gasteiger charge is 2.25. The standard InChI is InChI=1S/C14H14FN5OS/c15-9-2-4-20(7-9)14-17-5-8(6-18-14)13-19-10-1-3-16-12(21)11(10)22-13/h5-6,9H,1-4,7H2,(H,16,21)/t9-/m1/s1. The van der Waals surface area contributed by atoms with E-state index in [2.05, 4.69) is 20.3 Å². The molecule has 114 valence electrons. The normalized spacial score (nSPS) is 20.9. The number of thiazole rings is 1. The van der Waals surface area contributed by atoms with Crippen molar-refractivity contribution >= 4 is 23.2 Å². The molecule has 1 saturated heterocycles. The summed E-state index contributed by atoms with van der Waals surface area (Å²) in [6.45, 7) is 1.63.